The van der Waals surface area contributed by atoms with Gasteiger partial charge in [0.1, 0.15) is 4.88 Å². The Morgan fingerprint density at radius 2 is 2.06 bits per heavy atom. The van der Waals surface area contributed by atoms with Gasteiger partial charge in [0, 0.05) is 13.6 Å². The minimum absolute atomic E-state index is 0.0950. The van der Waals surface area contributed by atoms with Crippen molar-refractivity contribution in [3.63, 3.8) is 0 Å². The summed E-state index contributed by atoms with van der Waals surface area (Å²) in [5, 5.41) is 0.870. The molecule has 1 aromatic rings. The third kappa shape index (κ3) is 3.80. The molecule has 1 amide bonds. The average Bonchev–Trinajstić information content (AvgIpc) is 2.64. The molecule has 1 rings (SSSR count). The highest BCUT2D eigenvalue weighted by Gasteiger charge is 2.18. The zero-order chi connectivity index (χ0) is 13.7. The summed E-state index contributed by atoms with van der Waals surface area (Å²) < 4.78 is 4.82. The van der Waals surface area contributed by atoms with Crippen molar-refractivity contribution in [1.29, 1.82) is 0 Å². The average molecular weight is 270 g/mol. The first-order valence-corrected chi connectivity index (χ1v) is 6.62. The first-order chi connectivity index (χ1) is 8.45. The number of thiazole rings is 1. The Bertz CT molecular complexity index is 443. The van der Waals surface area contributed by atoms with E-state index in [1.54, 1.807) is 14.0 Å². The van der Waals surface area contributed by atoms with Crippen molar-refractivity contribution in [2.45, 2.75) is 27.2 Å². The van der Waals surface area contributed by atoms with Crippen LogP contribution >= 0.6 is 11.3 Å². The number of esters is 1. The lowest BCUT2D eigenvalue weighted by molar-refractivity contribution is -0.143. The number of aryl methyl sites for hydroxylation is 2. The molecule has 5 nitrogen and oxygen atoms in total. The van der Waals surface area contributed by atoms with E-state index in [9.17, 15) is 9.59 Å². The number of carbonyl (C=O) groups is 2. The molecule has 0 aromatic carbocycles. The first-order valence-electron chi connectivity index (χ1n) is 5.80. The molecule has 1 heterocycles. The minimum Gasteiger partial charge on any atom is -0.466 e. The Morgan fingerprint density at radius 3 is 2.56 bits per heavy atom. The molecule has 0 unspecified atom stereocenters. The summed E-state index contributed by atoms with van der Waals surface area (Å²) in [7, 11) is 1.68. The molecule has 0 N–H and O–H groups in total. The summed E-state index contributed by atoms with van der Waals surface area (Å²) in [5.41, 5.74) is 0.741. The Morgan fingerprint density at radius 1 is 1.39 bits per heavy atom. The number of rotatable bonds is 5. The van der Waals surface area contributed by atoms with Crippen molar-refractivity contribution in [2.24, 2.45) is 0 Å². The molecule has 0 saturated heterocycles. The molecule has 0 aliphatic carbocycles. The molecule has 0 radical (unpaired) electrons. The van der Waals surface area contributed by atoms with E-state index >= 15 is 0 Å². The van der Waals surface area contributed by atoms with Crippen molar-refractivity contribution in [3.8, 4) is 0 Å². The van der Waals surface area contributed by atoms with Crippen molar-refractivity contribution < 1.29 is 14.3 Å². The molecule has 1 aromatic heterocycles. The Balaban J connectivity index is 2.57. The fourth-order valence-electron chi connectivity index (χ4n) is 1.50. The molecule has 0 bridgehead atoms. The normalized spacial score (nSPS) is 10.2. The Labute approximate surface area is 111 Å². The highest BCUT2D eigenvalue weighted by atomic mass is 32.1. The second-order valence-corrected chi connectivity index (χ2v) is 5.13. The topological polar surface area (TPSA) is 59.5 Å². The van der Waals surface area contributed by atoms with Crippen LogP contribution in [0.2, 0.25) is 0 Å². The largest absolute Gasteiger partial charge is 0.466 e. The highest BCUT2D eigenvalue weighted by Crippen LogP contribution is 2.18. The molecule has 0 saturated carbocycles. The zero-order valence-electron chi connectivity index (χ0n) is 11.1. The summed E-state index contributed by atoms with van der Waals surface area (Å²) in [4.78, 5) is 29.7. The molecule has 0 fully saturated rings. The number of ether oxygens (including phenoxy) is 1. The van der Waals surface area contributed by atoms with Crippen LogP contribution in [0.1, 0.15) is 33.7 Å². The zero-order valence-corrected chi connectivity index (χ0v) is 12.0. The molecule has 0 aliphatic heterocycles. The van der Waals surface area contributed by atoms with Gasteiger partial charge in [0.05, 0.1) is 23.7 Å². The van der Waals surface area contributed by atoms with E-state index in [4.69, 9.17) is 4.74 Å². The van der Waals surface area contributed by atoms with Gasteiger partial charge in [-0.3, -0.25) is 9.59 Å². The van der Waals surface area contributed by atoms with Gasteiger partial charge in [-0.25, -0.2) is 4.98 Å². The number of nitrogens with zero attached hydrogens (tertiary/aromatic N) is 2. The van der Waals surface area contributed by atoms with Gasteiger partial charge >= 0.3 is 5.97 Å². The predicted octanol–water partition coefficient (Wildman–Crippen LogP) is 1.79. The van der Waals surface area contributed by atoms with Crippen LogP contribution in [-0.4, -0.2) is 42.0 Å². The highest BCUT2D eigenvalue weighted by molar-refractivity contribution is 7.13. The lowest BCUT2D eigenvalue weighted by Crippen LogP contribution is -2.29. The van der Waals surface area contributed by atoms with Crippen LogP contribution in [0.25, 0.3) is 0 Å². The SMILES string of the molecule is CCOC(=O)CCN(C)C(=O)c1sc(C)nc1C. The van der Waals surface area contributed by atoms with E-state index in [1.807, 2.05) is 13.8 Å². The van der Waals surface area contributed by atoms with Gasteiger partial charge in [-0.05, 0) is 20.8 Å². The molecule has 0 spiro atoms. The van der Waals surface area contributed by atoms with Gasteiger partial charge in [0.25, 0.3) is 5.91 Å². The summed E-state index contributed by atoms with van der Waals surface area (Å²) in [6.45, 7) is 6.16. The fraction of sp³-hybridized carbons (Fsp3) is 0.583. The quantitative estimate of drug-likeness (QED) is 0.765. The van der Waals surface area contributed by atoms with Crippen molar-refractivity contribution >= 4 is 23.2 Å². The van der Waals surface area contributed by atoms with E-state index in [2.05, 4.69) is 4.98 Å². The summed E-state index contributed by atoms with van der Waals surface area (Å²) in [6.07, 6.45) is 0.215. The predicted molar refractivity (Wildman–Crippen MR) is 69.8 cm³/mol. The third-order valence-corrected chi connectivity index (χ3v) is 3.46. The second kappa shape index (κ2) is 6.49. The standard InChI is InChI=1S/C12H18N2O3S/c1-5-17-10(15)6-7-14(4)12(16)11-8(2)13-9(3)18-11/h5-7H2,1-4H3. The fourth-order valence-corrected chi connectivity index (χ4v) is 2.41. The molecule has 6 heteroatoms. The van der Waals surface area contributed by atoms with E-state index in [1.165, 1.54) is 16.2 Å². The third-order valence-electron chi connectivity index (χ3n) is 2.40. The van der Waals surface area contributed by atoms with Crippen molar-refractivity contribution in [3.05, 3.63) is 15.6 Å². The van der Waals surface area contributed by atoms with Crippen LogP contribution in [-0.2, 0) is 9.53 Å². The van der Waals surface area contributed by atoms with E-state index in [0.717, 1.165) is 10.7 Å². The Kier molecular flexibility index (Phi) is 5.27. The van der Waals surface area contributed by atoms with Gasteiger partial charge in [0.2, 0.25) is 0 Å². The lowest BCUT2D eigenvalue weighted by Gasteiger charge is -2.15. The smallest absolute Gasteiger partial charge is 0.307 e. The van der Waals surface area contributed by atoms with Gasteiger partial charge < -0.3 is 9.64 Å². The minimum atomic E-state index is -0.283. The summed E-state index contributed by atoms with van der Waals surface area (Å²) in [6, 6.07) is 0. The maximum Gasteiger partial charge on any atom is 0.307 e. The number of hydrogen-bond acceptors (Lipinski definition) is 5. The lowest BCUT2D eigenvalue weighted by atomic mass is 10.3. The van der Waals surface area contributed by atoms with Crippen LogP contribution < -0.4 is 0 Å². The van der Waals surface area contributed by atoms with Gasteiger partial charge in [-0.2, -0.15) is 0 Å². The number of amides is 1. The second-order valence-electron chi connectivity index (χ2n) is 3.93. The van der Waals surface area contributed by atoms with Crippen LogP contribution in [0.3, 0.4) is 0 Å². The number of aromatic nitrogens is 1. The van der Waals surface area contributed by atoms with E-state index in [0.29, 0.717) is 18.0 Å². The monoisotopic (exact) mass is 270 g/mol. The number of hydrogen-bond donors (Lipinski definition) is 0. The molecule has 18 heavy (non-hydrogen) atoms. The van der Waals surface area contributed by atoms with E-state index in [-0.39, 0.29) is 18.3 Å². The molecule has 0 atom stereocenters. The molecular formula is C12H18N2O3S. The maximum atomic E-state index is 12.1. The van der Waals surface area contributed by atoms with Gasteiger partial charge in [0.15, 0.2) is 0 Å². The van der Waals surface area contributed by atoms with Crippen LogP contribution in [0.4, 0.5) is 0 Å². The Hall–Kier alpha value is -1.43. The van der Waals surface area contributed by atoms with Gasteiger partial charge in [-0.1, -0.05) is 0 Å². The summed E-state index contributed by atoms with van der Waals surface area (Å²) >= 11 is 1.38. The van der Waals surface area contributed by atoms with Crippen LogP contribution in [0.5, 0.6) is 0 Å². The molecule has 100 valence electrons. The van der Waals surface area contributed by atoms with Crippen molar-refractivity contribution in [1.82, 2.24) is 9.88 Å². The van der Waals surface area contributed by atoms with Crippen LogP contribution in [0, 0.1) is 13.8 Å². The first kappa shape index (κ1) is 14.6. The van der Waals surface area contributed by atoms with E-state index < -0.39 is 0 Å². The van der Waals surface area contributed by atoms with Gasteiger partial charge in [-0.15, -0.1) is 11.3 Å². The maximum absolute atomic E-state index is 12.1. The summed E-state index contributed by atoms with van der Waals surface area (Å²) in [5.74, 6) is -0.378. The van der Waals surface area contributed by atoms with Crippen molar-refractivity contribution in [2.75, 3.05) is 20.2 Å². The number of carbonyl (C=O) groups excluding carboxylic acids is 2. The van der Waals surface area contributed by atoms with Crippen LogP contribution in [0.15, 0.2) is 0 Å². The molecule has 0 aliphatic rings. The molecular weight excluding hydrogens is 252 g/mol.